The van der Waals surface area contributed by atoms with Crippen molar-refractivity contribution in [2.45, 2.75) is 27.2 Å². The minimum absolute atomic E-state index is 0.0928. The third-order valence-electron chi connectivity index (χ3n) is 2.59. The summed E-state index contributed by atoms with van der Waals surface area (Å²) in [6.45, 7) is 6.10. The van der Waals surface area contributed by atoms with Crippen LogP contribution in [0, 0.1) is 24.0 Å². The Kier molecular flexibility index (Phi) is 4.65. The highest BCUT2D eigenvalue weighted by atomic mass is 16.6. The number of rotatable bonds is 4. The molecule has 2 N–H and O–H groups in total. The first-order valence-corrected chi connectivity index (χ1v) is 5.76. The van der Waals surface area contributed by atoms with Crippen LogP contribution in [-0.2, 0) is 0 Å². The number of hydrogen-bond acceptors (Lipinski definition) is 3. The molecule has 0 fully saturated rings. The van der Waals surface area contributed by atoms with Crippen LogP contribution >= 0.6 is 0 Å². The van der Waals surface area contributed by atoms with Gasteiger partial charge in [-0.15, -0.1) is 0 Å². The van der Waals surface area contributed by atoms with Gasteiger partial charge in [0.25, 0.3) is 5.69 Å². The van der Waals surface area contributed by atoms with Crippen molar-refractivity contribution in [3.8, 4) is 0 Å². The van der Waals surface area contributed by atoms with E-state index < -0.39 is 11.0 Å². The summed E-state index contributed by atoms with van der Waals surface area (Å²) >= 11 is 0. The molecular formula is C12H17N3O3. The summed E-state index contributed by atoms with van der Waals surface area (Å²) in [6, 6.07) is 2.65. The summed E-state index contributed by atoms with van der Waals surface area (Å²) in [6.07, 6.45) is 0.808. The number of anilines is 1. The van der Waals surface area contributed by atoms with Crippen LogP contribution in [0.15, 0.2) is 12.1 Å². The molecule has 0 heterocycles. The Bertz CT molecular complexity index is 472. The van der Waals surface area contributed by atoms with Gasteiger partial charge in [-0.25, -0.2) is 4.79 Å². The molecule has 0 bridgehead atoms. The predicted molar refractivity (Wildman–Crippen MR) is 69.9 cm³/mol. The topological polar surface area (TPSA) is 84.3 Å². The minimum Gasteiger partial charge on any atom is -0.338 e. The molecule has 1 aromatic rings. The van der Waals surface area contributed by atoms with E-state index in [9.17, 15) is 14.9 Å². The molecule has 18 heavy (non-hydrogen) atoms. The molecule has 0 atom stereocenters. The maximum Gasteiger partial charge on any atom is 0.319 e. The van der Waals surface area contributed by atoms with Gasteiger partial charge in [-0.2, -0.15) is 0 Å². The zero-order valence-corrected chi connectivity index (χ0v) is 10.7. The molecule has 0 saturated heterocycles. The largest absolute Gasteiger partial charge is 0.338 e. The van der Waals surface area contributed by atoms with E-state index in [1.807, 2.05) is 13.8 Å². The Morgan fingerprint density at radius 1 is 1.33 bits per heavy atom. The number of carbonyl (C=O) groups excluding carboxylic acids is 1. The van der Waals surface area contributed by atoms with Crippen LogP contribution in [0.5, 0.6) is 0 Å². The number of nitro benzene ring substituents is 1. The molecule has 0 aliphatic carbocycles. The molecule has 0 saturated carbocycles. The van der Waals surface area contributed by atoms with Crippen molar-refractivity contribution in [2.75, 3.05) is 11.9 Å². The molecule has 0 aromatic heterocycles. The second kappa shape index (κ2) is 6.00. The number of nitrogens with one attached hydrogen (secondary N) is 2. The fraction of sp³-hybridized carbons (Fsp3) is 0.417. The first-order valence-electron chi connectivity index (χ1n) is 5.76. The Labute approximate surface area is 106 Å². The van der Waals surface area contributed by atoms with Crippen LogP contribution in [0.3, 0.4) is 0 Å². The quantitative estimate of drug-likeness (QED) is 0.637. The lowest BCUT2D eigenvalue weighted by atomic mass is 10.1. The summed E-state index contributed by atoms with van der Waals surface area (Å²) in [5.41, 5.74) is 1.84. The number of urea groups is 1. The average molecular weight is 251 g/mol. The van der Waals surface area contributed by atoms with Gasteiger partial charge in [0.05, 0.1) is 4.92 Å². The lowest BCUT2D eigenvalue weighted by Gasteiger charge is -2.09. The summed E-state index contributed by atoms with van der Waals surface area (Å²) < 4.78 is 0. The molecule has 6 nitrogen and oxygen atoms in total. The van der Waals surface area contributed by atoms with Gasteiger partial charge in [0, 0.05) is 12.6 Å². The van der Waals surface area contributed by atoms with E-state index in [2.05, 4.69) is 10.6 Å². The van der Waals surface area contributed by atoms with Crippen molar-refractivity contribution in [3.63, 3.8) is 0 Å². The molecule has 0 spiro atoms. The van der Waals surface area contributed by atoms with E-state index in [4.69, 9.17) is 0 Å². The molecule has 0 unspecified atom stereocenters. The predicted octanol–water partition coefficient (Wildman–Crippen LogP) is 2.74. The normalized spacial score (nSPS) is 9.94. The van der Waals surface area contributed by atoms with Gasteiger partial charge in [-0.1, -0.05) is 6.92 Å². The second-order valence-electron chi connectivity index (χ2n) is 4.09. The highest BCUT2D eigenvalue weighted by Crippen LogP contribution is 2.27. The first kappa shape index (κ1) is 14.0. The summed E-state index contributed by atoms with van der Waals surface area (Å²) in [4.78, 5) is 21.9. The van der Waals surface area contributed by atoms with Gasteiger partial charge in [0.15, 0.2) is 0 Å². The highest BCUT2D eigenvalue weighted by Gasteiger charge is 2.17. The van der Waals surface area contributed by atoms with Gasteiger partial charge < -0.3 is 10.6 Å². The number of benzene rings is 1. The summed E-state index contributed by atoms with van der Waals surface area (Å²) in [7, 11) is 0. The number of amides is 2. The van der Waals surface area contributed by atoms with E-state index in [0.717, 1.165) is 17.5 Å². The Morgan fingerprint density at radius 2 is 1.94 bits per heavy atom. The third-order valence-corrected chi connectivity index (χ3v) is 2.59. The zero-order chi connectivity index (χ0) is 13.7. The molecule has 0 aliphatic heterocycles. The fourth-order valence-corrected chi connectivity index (χ4v) is 1.46. The summed E-state index contributed by atoms with van der Waals surface area (Å²) in [5.74, 6) is 0. The second-order valence-corrected chi connectivity index (χ2v) is 4.09. The van der Waals surface area contributed by atoms with Crippen molar-refractivity contribution in [1.29, 1.82) is 0 Å². The fourth-order valence-electron chi connectivity index (χ4n) is 1.46. The molecule has 1 rings (SSSR count). The molecule has 2 amide bonds. The number of nitrogens with zero attached hydrogens (tertiary/aromatic N) is 1. The molecule has 0 radical (unpaired) electrons. The van der Waals surface area contributed by atoms with Crippen LogP contribution in [0.4, 0.5) is 16.2 Å². The van der Waals surface area contributed by atoms with Crippen molar-refractivity contribution >= 4 is 17.4 Å². The van der Waals surface area contributed by atoms with Gasteiger partial charge in [0.2, 0.25) is 0 Å². The number of aryl methyl sites for hydroxylation is 2. The van der Waals surface area contributed by atoms with Crippen LogP contribution < -0.4 is 10.6 Å². The molecule has 6 heteroatoms. The number of nitro groups is 1. The number of hydrogen-bond donors (Lipinski definition) is 2. The first-order chi connectivity index (χ1) is 8.45. The van der Waals surface area contributed by atoms with E-state index in [0.29, 0.717) is 6.54 Å². The van der Waals surface area contributed by atoms with Gasteiger partial charge in [-0.05, 0) is 37.5 Å². The summed E-state index contributed by atoms with van der Waals surface area (Å²) in [5, 5.41) is 16.0. The molecule has 1 aromatic carbocycles. The smallest absolute Gasteiger partial charge is 0.319 e. The monoisotopic (exact) mass is 251 g/mol. The van der Waals surface area contributed by atoms with Crippen LogP contribution in [-0.4, -0.2) is 17.5 Å². The van der Waals surface area contributed by atoms with E-state index in [1.165, 1.54) is 6.07 Å². The third kappa shape index (κ3) is 3.44. The zero-order valence-electron chi connectivity index (χ0n) is 10.7. The maximum absolute atomic E-state index is 11.5. The van der Waals surface area contributed by atoms with Crippen LogP contribution in [0.25, 0.3) is 0 Å². The maximum atomic E-state index is 11.5. The van der Waals surface area contributed by atoms with E-state index in [-0.39, 0.29) is 11.4 Å². The van der Waals surface area contributed by atoms with Crippen molar-refractivity contribution < 1.29 is 9.72 Å². The Morgan fingerprint density at radius 3 is 2.50 bits per heavy atom. The number of carbonyl (C=O) groups is 1. The van der Waals surface area contributed by atoms with Crippen LogP contribution in [0.2, 0.25) is 0 Å². The standard InChI is InChI=1S/C12H17N3O3/c1-4-5-13-12(16)14-10-6-8(2)9(3)7-11(10)15(17)18/h6-7H,4-5H2,1-3H3,(H2,13,14,16). The highest BCUT2D eigenvalue weighted by molar-refractivity contribution is 5.92. The lowest BCUT2D eigenvalue weighted by Crippen LogP contribution is -2.29. The van der Waals surface area contributed by atoms with Gasteiger partial charge >= 0.3 is 6.03 Å². The van der Waals surface area contributed by atoms with E-state index in [1.54, 1.807) is 13.0 Å². The SMILES string of the molecule is CCCNC(=O)Nc1cc(C)c(C)cc1[N+](=O)[O-]. The van der Waals surface area contributed by atoms with Crippen molar-refractivity contribution in [2.24, 2.45) is 0 Å². The Hall–Kier alpha value is -2.11. The molecule has 0 aliphatic rings. The van der Waals surface area contributed by atoms with Gasteiger partial charge in [0.1, 0.15) is 5.69 Å². The van der Waals surface area contributed by atoms with Crippen LogP contribution in [0.1, 0.15) is 24.5 Å². The minimum atomic E-state index is -0.498. The van der Waals surface area contributed by atoms with Gasteiger partial charge in [-0.3, -0.25) is 10.1 Å². The van der Waals surface area contributed by atoms with E-state index >= 15 is 0 Å². The lowest BCUT2D eigenvalue weighted by molar-refractivity contribution is -0.384. The Balaban J connectivity index is 2.96. The molecular weight excluding hydrogens is 234 g/mol. The van der Waals surface area contributed by atoms with Crippen molar-refractivity contribution in [1.82, 2.24) is 5.32 Å². The van der Waals surface area contributed by atoms with Crippen molar-refractivity contribution in [3.05, 3.63) is 33.4 Å². The average Bonchev–Trinajstić information content (AvgIpc) is 2.30. The molecule has 98 valence electrons.